The molecule has 0 aliphatic rings. The first-order valence-electron chi connectivity index (χ1n) is 7.40. The van der Waals surface area contributed by atoms with Crippen molar-refractivity contribution in [3.05, 3.63) is 46.8 Å². The first-order chi connectivity index (χ1) is 9.90. The molecule has 1 unspecified atom stereocenters. The Morgan fingerprint density at radius 3 is 2.29 bits per heavy atom. The van der Waals surface area contributed by atoms with Crippen LogP contribution in [0.1, 0.15) is 35.5 Å². The number of nitrogens with one attached hydrogen (secondary N) is 1. The van der Waals surface area contributed by atoms with Crippen LogP contribution >= 0.6 is 0 Å². The van der Waals surface area contributed by atoms with E-state index in [0.717, 1.165) is 12.2 Å². The second-order valence-electron chi connectivity index (χ2n) is 5.87. The maximum absolute atomic E-state index is 4.49. The van der Waals surface area contributed by atoms with E-state index in [1.54, 1.807) is 0 Å². The molecule has 4 nitrogen and oxygen atoms in total. The summed E-state index contributed by atoms with van der Waals surface area (Å²) in [6.45, 7) is 7.26. The summed E-state index contributed by atoms with van der Waals surface area (Å²) in [4.78, 5) is 2.11. The van der Waals surface area contributed by atoms with Gasteiger partial charge < -0.3 is 10.2 Å². The van der Waals surface area contributed by atoms with Crippen LogP contribution in [0.3, 0.4) is 0 Å². The molecule has 0 bridgehead atoms. The summed E-state index contributed by atoms with van der Waals surface area (Å²) in [5.41, 5.74) is 6.17. The van der Waals surface area contributed by atoms with E-state index in [1.165, 1.54) is 22.5 Å². The number of aromatic nitrogens is 2. The highest BCUT2D eigenvalue weighted by atomic mass is 15.3. The standard InChI is InChI=1S/C17H26N4/c1-12(17-13(2)19-21(6)14(17)3)18-11-15-7-9-16(10-8-15)20(4)5/h7-10,12,18H,11H2,1-6H3. The Balaban J connectivity index is 2.02. The lowest BCUT2D eigenvalue weighted by Crippen LogP contribution is -2.19. The third kappa shape index (κ3) is 3.45. The van der Waals surface area contributed by atoms with Crippen molar-refractivity contribution in [1.29, 1.82) is 0 Å². The van der Waals surface area contributed by atoms with Gasteiger partial charge in [-0.3, -0.25) is 4.68 Å². The van der Waals surface area contributed by atoms with Gasteiger partial charge in [0.2, 0.25) is 0 Å². The van der Waals surface area contributed by atoms with Crippen molar-refractivity contribution in [2.75, 3.05) is 19.0 Å². The fourth-order valence-electron chi connectivity index (χ4n) is 2.70. The molecule has 0 spiro atoms. The Bertz CT molecular complexity index is 596. The molecule has 1 heterocycles. The van der Waals surface area contributed by atoms with Gasteiger partial charge in [0.15, 0.2) is 0 Å². The van der Waals surface area contributed by atoms with Gasteiger partial charge in [-0.15, -0.1) is 0 Å². The first kappa shape index (κ1) is 15.6. The van der Waals surface area contributed by atoms with Crippen molar-refractivity contribution in [3.8, 4) is 0 Å². The largest absolute Gasteiger partial charge is 0.378 e. The predicted molar refractivity (Wildman–Crippen MR) is 88.7 cm³/mol. The van der Waals surface area contributed by atoms with Crippen molar-refractivity contribution in [3.63, 3.8) is 0 Å². The maximum atomic E-state index is 4.49. The molecule has 1 N–H and O–H groups in total. The minimum absolute atomic E-state index is 0.298. The summed E-state index contributed by atoms with van der Waals surface area (Å²) in [7, 11) is 6.12. The smallest absolute Gasteiger partial charge is 0.0644 e. The normalized spacial score (nSPS) is 12.5. The number of hydrogen-bond acceptors (Lipinski definition) is 3. The molecule has 1 atom stereocenters. The van der Waals surface area contributed by atoms with E-state index in [4.69, 9.17) is 0 Å². The zero-order valence-electron chi connectivity index (χ0n) is 13.9. The van der Waals surface area contributed by atoms with Gasteiger partial charge in [-0.25, -0.2) is 0 Å². The van der Waals surface area contributed by atoms with E-state index in [9.17, 15) is 0 Å². The lowest BCUT2D eigenvalue weighted by Gasteiger charge is -2.16. The quantitative estimate of drug-likeness (QED) is 0.917. The molecular formula is C17H26N4. The van der Waals surface area contributed by atoms with Crippen LogP contribution in [0.25, 0.3) is 0 Å². The third-order valence-electron chi connectivity index (χ3n) is 4.06. The Labute approximate surface area is 127 Å². The Morgan fingerprint density at radius 1 is 1.19 bits per heavy atom. The van der Waals surface area contributed by atoms with E-state index in [0.29, 0.717) is 6.04 Å². The Hall–Kier alpha value is -1.81. The van der Waals surface area contributed by atoms with E-state index < -0.39 is 0 Å². The maximum Gasteiger partial charge on any atom is 0.0644 e. The molecule has 1 aromatic carbocycles. The van der Waals surface area contributed by atoms with Crippen molar-refractivity contribution < 1.29 is 0 Å². The Morgan fingerprint density at radius 2 is 1.81 bits per heavy atom. The average Bonchev–Trinajstić information content (AvgIpc) is 2.70. The summed E-state index contributed by atoms with van der Waals surface area (Å²) in [5.74, 6) is 0. The fraction of sp³-hybridized carbons (Fsp3) is 0.471. The van der Waals surface area contributed by atoms with Crippen LogP contribution in [0.2, 0.25) is 0 Å². The van der Waals surface area contributed by atoms with Crippen LogP contribution in [0.4, 0.5) is 5.69 Å². The van der Waals surface area contributed by atoms with Crippen molar-refractivity contribution in [2.24, 2.45) is 7.05 Å². The second-order valence-corrected chi connectivity index (χ2v) is 5.87. The number of anilines is 1. The predicted octanol–water partition coefficient (Wildman–Crippen LogP) is 2.95. The van der Waals surface area contributed by atoms with Gasteiger partial charge in [0.1, 0.15) is 0 Å². The molecule has 0 fully saturated rings. The minimum Gasteiger partial charge on any atom is -0.378 e. The fourth-order valence-corrected chi connectivity index (χ4v) is 2.70. The Kier molecular flexibility index (Phi) is 4.68. The highest BCUT2D eigenvalue weighted by Crippen LogP contribution is 2.21. The molecule has 2 aromatic rings. The highest BCUT2D eigenvalue weighted by Gasteiger charge is 2.15. The number of aryl methyl sites for hydroxylation is 2. The van der Waals surface area contributed by atoms with Crippen molar-refractivity contribution in [2.45, 2.75) is 33.4 Å². The molecule has 0 radical (unpaired) electrons. The second kappa shape index (κ2) is 6.31. The summed E-state index contributed by atoms with van der Waals surface area (Å²) in [6, 6.07) is 8.97. The van der Waals surface area contributed by atoms with Crippen molar-refractivity contribution in [1.82, 2.24) is 15.1 Å². The van der Waals surface area contributed by atoms with Gasteiger partial charge in [-0.05, 0) is 38.5 Å². The molecule has 1 aromatic heterocycles. The monoisotopic (exact) mass is 286 g/mol. The van der Waals surface area contributed by atoms with Gasteiger partial charge in [0.05, 0.1) is 5.69 Å². The number of hydrogen-bond donors (Lipinski definition) is 1. The lowest BCUT2D eigenvalue weighted by atomic mass is 10.1. The SMILES string of the molecule is Cc1nn(C)c(C)c1C(C)NCc1ccc(N(C)C)cc1. The minimum atomic E-state index is 0.298. The zero-order chi connectivity index (χ0) is 15.6. The molecule has 4 heteroatoms. The molecule has 114 valence electrons. The molecule has 0 saturated heterocycles. The molecule has 0 saturated carbocycles. The van der Waals surface area contributed by atoms with E-state index >= 15 is 0 Å². The molecule has 21 heavy (non-hydrogen) atoms. The molecular weight excluding hydrogens is 260 g/mol. The summed E-state index contributed by atoms with van der Waals surface area (Å²) < 4.78 is 1.95. The van der Waals surface area contributed by atoms with Gasteiger partial charge in [0.25, 0.3) is 0 Å². The van der Waals surface area contributed by atoms with Crippen LogP contribution in [0.15, 0.2) is 24.3 Å². The summed E-state index contributed by atoms with van der Waals surface area (Å²) >= 11 is 0. The van der Waals surface area contributed by atoms with Crippen LogP contribution in [0.5, 0.6) is 0 Å². The first-order valence-corrected chi connectivity index (χ1v) is 7.40. The zero-order valence-corrected chi connectivity index (χ0v) is 13.9. The molecule has 0 aliphatic carbocycles. The molecule has 0 aliphatic heterocycles. The van der Waals surface area contributed by atoms with Gasteiger partial charge in [-0.2, -0.15) is 5.10 Å². The third-order valence-corrected chi connectivity index (χ3v) is 4.06. The lowest BCUT2D eigenvalue weighted by molar-refractivity contribution is 0.568. The highest BCUT2D eigenvalue weighted by molar-refractivity contribution is 5.46. The van der Waals surface area contributed by atoms with Gasteiger partial charge >= 0.3 is 0 Å². The summed E-state index contributed by atoms with van der Waals surface area (Å²) in [6.07, 6.45) is 0. The number of benzene rings is 1. The van der Waals surface area contributed by atoms with Crippen molar-refractivity contribution >= 4 is 5.69 Å². The van der Waals surface area contributed by atoms with E-state index in [1.807, 2.05) is 11.7 Å². The van der Waals surface area contributed by atoms with Crippen LogP contribution in [-0.4, -0.2) is 23.9 Å². The van der Waals surface area contributed by atoms with Crippen LogP contribution < -0.4 is 10.2 Å². The number of rotatable bonds is 5. The number of nitrogens with zero attached hydrogens (tertiary/aromatic N) is 3. The molecule has 2 rings (SSSR count). The average molecular weight is 286 g/mol. The molecule has 0 amide bonds. The van der Waals surface area contributed by atoms with Crippen LogP contribution in [-0.2, 0) is 13.6 Å². The van der Waals surface area contributed by atoms with E-state index in [2.05, 4.69) is 74.4 Å². The topological polar surface area (TPSA) is 33.1 Å². The van der Waals surface area contributed by atoms with E-state index in [-0.39, 0.29) is 0 Å². The van der Waals surface area contributed by atoms with Gasteiger partial charge in [0, 0.05) is 50.7 Å². The van der Waals surface area contributed by atoms with Gasteiger partial charge in [-0.1, -0.05) is 12.1 Å². The van der Waals surface area contributed by atoms with Crippen LogP contribution in [0, 0.1) is 13.8 Å². The summed E-state index contributed by atoms with van der Waals surface area (Å²) in [5, 5.41) is 8.08.